The first-order valence-corrected chi connectivity index (χ1v) is 5.64. The average Bonchev–Trinajstić information content (AvgIpc) is 2.66. The van der Waals surface area contributed by atoms with Crippen molar-refractivity contribution in [3.05, 3.63) is 18.0 Å². The molecule has 1 heterocycles. The molecule has 0 fully saturated rings. The second-order valence-corrected chi connectivity index (χ2v) is 3.80. The summed E-state index contributed by atoms with van der Waals surface area (Å²) >= 11 is 0. The van der Waals surface area contributed by atoms with Crippen LogP contribution in [0, 0.1) is 0 Å². The average molecular weight is 210 g/mol. The van der Waals surface area contributed by atoms with Crippen LogP contribution in [-0.2, 0) is 7.05 Å². The van der Waals surface area contributed by atoms with Crippen molar-refractivity contribution in [2.24, 2.45) is 12.8 Å². The maximum absolute atomic E-state index is 6.11. The number of hydrogen-bond donors (Lipinski definition) is 1. The second-order valence-electron chi connectivity index (χ2n) is 3.80. The summed E-state index contributed by atoms with van der Waals surface area (Å²) in [6.07, 6.45) is 2.79. The predicted octanol–water partition coefficient (Wildman–Crippen LogP) is 1.15. The zero-order valence-corrected chi connectivity index (χ0v) is 9.98. The van der Waals surface area contributed by atoms with Crippen molar-refractivity contribution < 1.29 is 0 Å². The summed E-state index contributed by atoms with van der Waals surface area (Å²) in [4.78, 5) is 2.39. The van der Waals surface area contributed by atoms with Gasteiger partial charge in [-0.25, -0.2) is 0 Å². The Bertz CT molecular complexity index is 278. The monoisotopic (exact) mass is 210 g/mol. The lowest BCUT2D eigenvalue weighted by Gasteiger charge is -2.20. The van der Waals surface area contributed by atoms with E-state index in [-0.39, 0.29) is 6.04 Å². The largest absolute Gasteiger partial charge is 0.323 e. The van der Waals surface area contributed by atoms with Crippen molar-refractivity contribution >= 4 is 0 Å². The molecule has 0 saturated heterocycles. The molecule has 1 unspecified atom stereocenters. The summed E-state index contributed by atoms with van der Waals surface area (Å²) in [5.74, 6) is 0. The minimum atomic E-state index is 0.0955. The van der Waals surface area contributed by atoms with Crippen LogP contribution in [0.15, 0.2) is 12.3 Å². The fourth-order valence-electron chi connectivity index (χ4n) is 1.76. The van der Waals surface area contributed by atoms with Gasteiger partial charge in [-0.15, -0.1) is 0 Å². The number of hydrogen-bond acceptors (Lipinski definition) is 3. The van der Waals surface area contributed by atoms with Crippen LogP contribution in [0.2, 0.25) is 0 Å². The van der Waals surface area contributed by atoms with Gasteiger partial charge in [-0.3, -0.25) is 4.68 Å². The van der Waals surface area contributed by atoms with Crippen LogP contribution in [0.3, 0.4) is 0 Å². The van der Waals surface area contributed by atoms with Gasteiger partial charge in [0.1, 0.15) is 0 Å². The summed E-state index contributed by atoms with van der Waals surface area (Å²) in [6, 6.07) is 2.09. The summed E-state index contributed by atoms with van der Waals surface area (Å²) in [6.45, 7) is 7.60. The number of nitrogens with two attached hydrogens (primary N) is 1. The molecule has 1 atom stereocenters. The van der Waals surface area contributed by atoms with E-state index in [9.17, 15) is 0 Å². The lowest BCUT2D eigenvalue weighted by molar-refractivity contribution is 0.289. The maximum Gasteiger partial charge on any atom is 0.0548 e. The third-order valence-corrected chi connectivity index (χ3v) is 2.89. The van der Waals surface area contributed by atoms with Gasteiger partial charge in [0.05, 0.1) is 5.69 Å². The van der Waals surface area contributed by atoms with E-state index in [1.165, 1.54) is 0 Å². The zero-order valence-electron chi connectivity index (χ0n) is 9.98. The van der Waals surface area contributed by atoms with Crippen molar-refractivity contribution in [2.45, 2.75) is 26.3 Å². The molecule has 0 radical (unpaired) electrons. The summed E-state index contributed by atoms with van der Waals surface area (Å²) in [5.41, 5.74) is 7.22. The van der Waals surface area contributed by atoms with Gasteiger partial charge >= 0.3 is 0 Å². The van der Waals surface area contributed by atoms with Crippen molar-refractivity contribution in [2.75, 3.05) is 19.6 Å². The Hall–Kier alpha value is -0.870. The van der Waals surface area contributed by atoms with Gasteiger partial charge in [0.2, 0.25) is 0 Å². The highest BCUT2D eigenvalue weighted by Crippen LogP contribution is 2.12. The lowest BCUT2D eigenvalue weighted by atomic mass is 10.1. The predicted molar refractivity (Wildman–Crippen MR) is 62.5 cm³/mol. The van der Waals surface area contributed by atoms with E-state index in [0.717, 1.165) is 31.7 Å². The topological polar surface area (TPSA) is 47.1 Å². The van der Waals surface area contributed by atoms with E-state index in [1.807, 2.05) is 17.8 Å². The molecule has 0 aromatic carbocycles. The Balaban J connectivity index is 2.42. The quantitative estimate of drug-likeness (QED) is 0.766. The lowest BCUT2D eigenvalue weighted by Crippen LogP contribution is -2.27. The third kappa shape index (κ3) is 3.32. The van der Waals surface area contributed by atoms with Crippen molar-refractivity contribution in [3.8, 4) is 0 Å². The Morgan fingerprint density at radius 2 is 2.13 bits per heavy atom. The number of nitrogens with zero attached hydrogens (tertiary/aromatic N) is 3. The summed E-state index contributed by atoms with van der Waals surface area (Å²) < 4.78 is 1.85. The van der Waals surface area contributed by atoms with Crippen molar-refractivity contribution in [1.29, 1.82) is 0 Å². The van der Waals surface area contributed by atoms with Crippen molar-refractivity contribution in [3.63, 3.8) is 0 Å². The fraction of sp³-hybridized carbons (Fsp3) is 0.727. The third-order valence-electron chi connectivity index (χ3n) is 2.89. The Kier molecular flexibility index (Phi) is 4.78. The Morgan fingerprint density at radius 3 is 2.60 bits per heavy atom. The molecule has 0 bridgehead atoms. The van der Waals surface area contributed by atoms with Gasteiger partial charge in [-0.05, 0) is 32.1 Å². The highest BCUT2D eigenvalue weighted by atomic mass is 15.3. The molecule has 1 rings (SSSR count). The van der Waals surface area contributed by atoms with Gasteiger partial charge in [-0.2, -0.15) is 5.10 Å². The van der Waals surface area contributed by atoms with E-state index >= 15 is 0 Å². The van der Waals surface area contributed by atoms with Crippen LogP contribution < -0.4 is 5.73 Å². The molecule has 15 heavy (non-hydrogen) atoms. The van der Waals surface area contributed by atoms with Crippen LogP contribution in [-0.4, -0.2) is 34.3 Å². The van der Waals surface area contributed by atoms with Gasteiger partial charge in [0, 0.05) is 19.3 Å². The molecule has 1 aromatic rings. The molecular formula is C11H22N4. The van der Waals surface area contributed by atoms with Gasteiger partial charge < -0.3 is 10.6 Å². The molecule has 0 aliphatic carbocycles. The molecule has 0 amide bonds. The molecule has 4 heteroatoms. The van der Waals surface area contributed by atoms with Crippen LogP contribution in [0.4, 0.5) is 0 Å². The number of aryl methyl sites for hydroxylation is 1. The normalized spacial score (nSPS) is 13.4. The first-order valence-electron chi connectivity index (χ1n) is 5.64. The number of aromatic nitrogens is 2. The summed E-state index contributed by atoms with van der Waals surface area (Å²) in [5, 5.41) is 4.13. The van der Waals surface area contributed by atoms with Gasteiger partial charge in [0.15, 0.2) is 0 Å². The van der Waals surface area contributed by atoms with Crippen molar-refractivity contribution in [1.82, 2.24) is 14.7 Å². The van der Waals surface area contributed by atoms with Crippen LogP contribution in [0.25, 0.3) is 0 Å². The highest BCUT2D eigenvalue weighted by Gasteiger charge is 2.10. The molecule has 0 spiro atoms. The van der Waals surface area contributed by atoms with E-state index in [1.54, 1.807) is 6.20 Å². The van der Waals surface area contributed by atoms with Gasteiger partial charge in [0.25, 0.3) is 0 Å². The molecule has 1 aromatic heterocycles. The van der Waals surface area contributed by atoms with E-state index in [0.29, 0.717) is 0 Å². The van der Waals surface area contributed by atoms with Crippen LogP contribution >= 0.6 is 0 Å². The molecule has 4 nitrogen and oxygen atoms in total. The maximum atomic E-state index is 6.11. The summed E-state index contributed by atoms with van der Waals surface area (Å²) in [7, 11) is 1.94. The van der Waals surface area contributed by atoms with Gasteiger partial charge in [-0.1, -0.05) is 13.8 Å². The molecule has 0 aliphatic rings. The first kappa shape index (κ1) is 12.2. The molecular weight excluding hydrogens is 188 g/mol. The van der Waals surface area contributed by atoms with Crippen LogP contribution in [0.5, 0.6) is 0 Å². The van der Waals surface area contributed by atoms with Crippen LogP contribution in [0.1, 0.15) is 32.0 Å². The highest BCUT2D eigenvalue weighted by molar-refractivity contribution is 5.05. The second kappa shape index (κ2) is 5.88. The van der Waals surface area contributed by atoms with E-state index in [4.69, 9.17) is 5.73 Å². The standard InChI is InChI=1S/C11H22N4/c1-4-15(5-2)9-7-10(12)11-6-8-13-14(11)3/h6,8,10H,4-5,7,9,12H2,1-3H3. The molecule has 2 N–H and O–H groups in total. The minimum Gasteiger partial charge on any atom is -0.323 e. The molecule has 0 saturated carbocycles. The molecule has 86 valence electrons. The fourth-order valence-corrected chi connectivity index (χ4v) is 1.76. The number of rotatable bonds is 6. The SMILES string of the molecule is CCN(CC)CCC(N)c1ccnn1C. The van der Waals surface area contributed by atoms with E-state index in [2.05, 4.69) is 23.8 Å². The Morgan fingerprint density at radius 1 is 1.47 bits per heavy atom. The molecule has 0 aliphatic heterocycles. The Labute approximate surface area is 92.1 Å². The minimum absolute atomic E-state index is 0.0955. The van der Waals surface area contributed by atoms with E-state index < -0.39 is 0 Å². The smallest absolute Gasteiger partial charge is 0.0548 e. The zero-order chi connectivity index (χ0) is 11.3. The first-order chi connectivity index (χ1) is 7.19.